The molecule has 1 N–H and O–H groups in total. The molecule has 0 spiro atoms. The second-order valence-electron chi connectivity index (χ2n) is 5.08. The monoisotopic (exact) mass is 281 g/mol. The van der Waals surface area contributed by atoms with Crippen molar-refractivity contribution in [2.45, 2.75) is 38.6 Å². The van der Waals surface area contributed by atoms with E-state index >= 15 is 0 Å². The molecule has 1 aromatic carbocycles. The van der Waals surface area contributed by atoms with Gasteiger partial charge in [0.1, 0.15) is 11.6 Å². The smallest absolute Gasteiger partial charge is 0.129 e. The minimum absolute atomic E-state index is 0.0679. The minimum atomic E-state index is -0.481. The number of nitrogens with one attached hydrogen (secondary N) is 1. The quantitative estimate of drug-likeness (QED) is 0.860. The molecule has 1 aliphatic heterocycles. The molecular weight excluding hydrogens is 260 g/mol. The van der Waals surface area contributed by atoms with Crippen LogP contribution in [0.4, 0.5) is 8.78 Å². The van der Waals surface area contributed by atoms with Gasteiger partial charge in [-0.2, -0.15) is 0 Å². The summed E-state index contributed by atoms with van der Waals surface area (Å²) in [5.41, 5.74) is 1.24. The Morgan fingerprint density at radius 3 is 2.65 bits per heavy atom. The Morgan fingerprint density at radius 1 is 1.30 bits per heavy atom. The third-order valence-corrected chi connectivity index (χ3v) is 3.52. The SMILES string of the molecule is CCCNC(Cc1c(F)cccc1F)C1=COCCC1. The van der Waals surface area contributed by atoms with E-state index in [-0.39, 0.29) is 11.6 Å². The maximum Gasteiger partial charge on any atom is 0.129 e. The molecule has 110 valence electrons. The Hall–Kier alpha value is -1.42. The first-order chi connectivity index (χ1) is 9.72. The van der Waals surface area contributed by atoms with Crippen LogP contribution in [0.3, 0.4) is 0 Å². The molecule has 0 radical (unpaired) electrons. The highest BCUT2D eigenvalue weighted by atomic mass is 19.1. The summed E-state index contributed by atoms with van der Waals surface area (Å²) in [5, 5.41) is 3.36. The van der Waals surface area contributed by atoms with E-state index in [1.54, 1.807) is 6.26 Å². The predicted molar refractivity (Wildman–Crippen MR) is 75.4 cm³/mol. The molecule has 1 aromatic rings. The molecule has 1 unspecified atom stereocenters. The van der Waals surface area contributed by atoms with Crippen LogP contribution in [0.25, 0.3) is 0 Å². The van der Waals surface area contributed by atoms with Crippen LogP contribution < -0.4 is 5.32 Å². The Kier molecular flexibility index (Phi) is 5.53. The fourth-order valence-corrected chi connectivity index (χ4v) is 2.43. The summed E-state index contributed by atoms with van der Waals surface area (Å²) in [6.07, 6.45) is 4.90. The van der Waals surface area contributed by atoms with Crippen molar-refractivity contribution in [2.24, 2.45) is 0 Å². The fourth-order valence-electron chi connectivity index (χ4n) is 2.43. The van der Waals surface area contributed by atoms with Crippen LogP contribution in [-0.2, 0) is 11.2 Å². The van der Waals surface area contributed by atoms with Gasteiger partial charge in [-0.3, -0.25) is 0 Å². The van der Waals surface area contributed by atoms with Crippen molar-refractivity contribution in [3.8, 4) is 0 Å². The van der Waals surface area contributed by atoms with Gasteiger partial charge in [-0.05, 0) is 49.9 Å². The lowest BCUT2D eigenvalue weighted by Gasteiger charge is -2.24. The van der Waals surface area contributed by atoms with Gasteiger partial charge in [0, 0.05) is 11.6 Å². The summed E-state index contributed by atoms with van der Waals surface area (Å²) in [6.45, 7) is 3.61. The molecule has 2 rings (SSSR count). The molecule has 1 aliphatic rings. The van der Waals surface area contributed by atoms with E-state index in [1.807, 2.05) is 0 Å². The van der Waals surface area contributed by atoms with Crippen molar-refractivity contribution >= 4 is 0 Å². The normalized spacial score (nSPS) is 16.4. The summed E-state index contributed by atoms with van der Waals surface area (Å²) in [6, 6.07) is 3.94. The first kappa shape index (κ1) is 15.0. The lowest BCUT2D eigenvalue weighted by atomic mass is 9.95. The molecule has 0 aromatic heterocycles. The fraction of sp³-hybridized carbons (Fsp3) is 0.500. The molecule has 20 heavy (non-hydrogen) atoms. The highest BCUT2D eigenvalue weighted by Gasteiger charge is 2.20. The second kappa shape index (κ2) is 7.39. The van der Waals surface area contributed by atoms with Crippen molar-refractivity contribution in [3.63, 3.8) is 0 Å². The van der Waals surface area contributed by atoms with E-state index < -0.39 is 11.6 Å². The van der Waals surface area contributed by atoms with Crippen LogP contribution >= 0.6 is 0 Å². The molecule has 2 nitrogen and oxygen atoms in total. The van der Waals surface area contributed by atoms with Gasteiger partial charge in [0.05, 0.1) is 12.9 Å². The maximum atomic E-state index is 13.8. The van der Waals surface area contributed by atoms with Crippen molar-refractivity contribution in [1.29, 1.82) is 0 Å². The summed E-state index contributed by atoms with van der Waals surface area (Å²) < 4.78 is 32.9. The average molecular weight is 281 g/mol. The van der Waals surface area contributed by atoms with Crippen LogP contribution in [0.2, 0.25) is 0 Å². The van der Waals surface area contributed by atoms with Gasteiger partial charge in [0.25, 0.3) is 0 Å². The standard InChI is InChI=1S/C16H21F2NO/c1-2-8-19-16(12-5-4-9-20-11-12)10-13-14(17)6-3-7-15(13)18/h3,6-7,11,16,19H,2,4-5,8-10H2,1H3. The molecule has 0 fully saturated rings. The molecule has 4 heteroatoms. The number of ether oxygens (including phenoxy) is 1. The zero-order valence-corrected chi connectivity index (χ0v) is 11.8. The molecule has 0 aliphatic carbocycles. The number of hydrogen-bond acceptors (Lipinski definition) is 2. The Labute approximate surface area is 118 Å². The first-order valence-electron chi connectivity index (χ1n) is 7.19. The average Bonchev–Trinajstić information content (AvgIpc) is 2.47. The molecule has 0 saturated heterocycles. The van der Waals surface area contributed by atoms with Gasteiger partial charge >= 0.3 is 0 Å². The predicted octanol–water partition coefficient (Wildman–Crippen LogP) is 3.57. The van der Waals surface area contributed by atoms with E-state index in [4.69, 9.17) is 4.74 Å². The Balaban J connectivity index is 2.16. The van der Waals surface area contributed by atoms with Gasteiger partial charge in [-0.25, -0.2) is 8.78 Å². The van der Waals surface area contributed by atoms with Gasteiger partial charge in [0.15, 0.2) is 0 Å². The summed E-state index contributed by atoms with van der Waals surface area (Å²) in [5.74, 6) is -0.962. The maximum absolute atomic E-state index is 13.8. The van der Waals surface area contributed by atoms with Crippen LogP contribution in [0.5, 0.6) is 0 Å². The lowest BCUT2D eigenvalue weighted by Crippen LogP contribution is -2.35. The van der Waals surface area contributed by atoms with Crippen LogP contribution in [0.1, 0.15) is 31.7 Å². The van der Waals surface area contributed by atoms with E-state index in [0.717, 1.165) is 38.0 Å². The van der Waals surface area contributed by atoms with E-state index in [9.17, 15) is 8.78 Å². The van der Waals surface area contributed by atoms with Crippen molar-refractivity contribution in [1.82, 2.24) is 5.32 Å². The number of hydrogen-bond donors (Lipinski definition) is 1. The third-order valence-electron chi connectivity index (χ3n) is 3.52. The highest BCUT2D eigenvalue weighted by Crippen LogP contribution is 2.21. The van der Waals surface area contributed by atoms with Crippen LogP contribution in [0.15, 0.2) is 30.0 Å². The van der Waals surface area contributed by atoms with Crippen molar-refractivity contribution < 1.29 is 13.5 Å². The molecule has 0 amide bonds. The molecule has 0 saturated carbocycles. The molecule has 1 atom stereocenters. The largest absolute Gasteiger partial charge is 0.501 e. The summed E-state index contributed by atoms with van der Waals surface area (Å²) in [7, 11) is 0. The van der Waals surface area contributed by atoms with Crippen molar-refractivity contribution in [3.05, 3.63) is 47.2 Å². The lowest BCUT2D eigenvalue weighted by molar-refractivity contribution is 0.219. The second-order valence-corrected chi connectivity index (χ2v) is 5.08. The number of benzene rings is 1. The van der Waals surface area contributed by atoms with Crippen LogP contribution in [-0.4, -0.2) is 19.2 Å². The van der Waals surface area contributed by atoms with Gasteiger partial charge in [0.2, 0.25) is 0 Å². The molecular formula is C16H21F2NO. The number of rotatable bonds is 6. The van der Waals surface area contributed by atoms with Gasteiger partial charge < -0.3 is 10.1 Å². The van der Waals surface area contributed by atoms with E-state index in [2.05, 4.69) is 12.2 Å². The Morgan fingerprint density at radius 2 is 2.05 bits per heavy atom. The van der Waals surface area contributed by atoms with Crippen molar-refractivity contribution in [2.75, 3.05) is 13.2 Å². The zero-order chi connectivity index (χ0) is 14.4. The van der Waals surface area contributed by atoms with E-state index in [1.165, 1.54) is 18.2 Å². The molecule has 0 bridgehead atoms. The summed E-state index contributed by atoms with van der Waals surface area (Å²) in [4.78, 5) is 0. The summed E-state index contributed by atoms with van der Waals surface area (Å²) >= 11 is 0. The topological polar surface area (TPSA) is 21.3 Å². The zero-order valence-electron chi connectivity index (χ0n) is 11.8. The van der Waals surface area contributed by atoms with E-state index in [0.29, 0.717) is 6.42 Å². The Bertz CT molecular complexity index is 453. The van der Waals surface area contributed by atoms with Gasteiger partial charge in [-0.1, -0.05) is 13.0 Å². The first-order valence-corrected chi connectivity index (χ1v) is 7.19. The highest BCUT2D eigenvalue weighted by molar-refractivity contribution is 5.24. The minimum Gasteiger partial charge on any atom is -0.501 e. The van der Waals surface area contributed by atoms with Crippen LogP contribution in [0, 0.1) is 11.6 Å². The number of halogens is 2. The van der Waals surface area contributed by atoms with Gasteiger partial charge in [-0.15, -0.1) is 0 Å². The third kappa shape index (κ3) is 3.79. The molecule has 1 heterocycles.